The summed E-state index contributed by atoms with van der Waals surface area (Å²) in [4.78, 5) is 17.4. The Balaban J connectivity index is 1.40. The van der Waals surface area contributed by atoms with Crippen molar-refractivity contribution < 1.29 is 18.3 Å². The number of hydrogen-bond acceptors (Lipinski definition) is 6. The maximum Gasteiger partial charge on any atom is 0.130 e. The van der Waals surface area contributed by atoms with E-state index < -0.39 is 23.8 Å². The summed E-state index contributed by atoms with van der Waals surface area (Å²) in [5.41, 5.74) is 2.52. The van der Waals surface area contributed by atoms with Crippen LogP contribution in [-0.2, 0) is 0 Å². The molecule has 3 atom stereocenters. The fourth-order valence-electron chi connectivity index (χ4n) is 5.24. The van der Waals surface area contributed by atoms with E-state index in [1.165, 1.54) is 0 Å². The molecular weight excluding hydrogens is 503 g/mol. The molecule has 0 saturated carbocycles. The predicted molar refractivity (Wildman–Crippen MR) is 137 cm³/mol. The summed E-state index contributed by atoms with van der Waals surface area (Å²) >= 11 is 6.58. The van der Waals surface area contributed by atoms with E-state index in [2.05, 4.69) is 9.97 Å². The average molecular weight is 526 g/mol. The van der Waals surface area contributed by atoms with Crippen LogP contribution in [0.1, 0.15) is 24.4 Å². The molecule has 0 aliphatic carbocycles. The number of aromatic nitrogens is 3. The van der Waals surface area contributed by atoms with Crippen molar-refractivity contribution in [2.24, 2.45) is 0 Å². The molecule has 1 N–H and O–H groups in total. The molecule has 0 radical (unpaired) electrons. The quantitative estimate of drug-likeness (QED) is 0.380. The van der Waals surface area contributed by atoms with Crippen LogP contribution in [0.3, 0.4) is 0 Å². The first-order chi connectivity index (χ1) is 17.9. The summed E-state index contributed by atoms with van der Waals surface area (Å²) in [5.74, 6) is 0.00729. The van der Waals surface area contributed by atoms with Crippen LogP contribution in [0.15, 0.2) is 54.9 Å². The van der Waals surface area contributed by atoms with Gasteiger partial charge in [0.05, 0.1) is 29.2 Å². The van der Waals surface area contributed by atoms with Crippen LogP contribution in [0.2, 0.25) is 5.02 Å². The third-order valence-electron chi connectivity index (χ3n) is 7.04. The van der Waals surface area contributed by atoms with Gasteiger partial charge in [-0.15, -0.1) is 0 Å². The zero-order chi connectivity index (χ0) is 25.7. The van der Waals surface area contributed by atoms with Gasteiger partial charge in [-0.3, -0.25) is 4.98 Å². The Labute approximate surface area is 216 Å². The van der Waals surface area contributed by atoms with Crippen molar-refractivity contribution in [3.63, 3.8) is 0 Å². The second-order valence-electron chi connectivity index (χ2n) is 9.48. The molecule has 3 aromatic heterocycles. The van der Waals surface area contributed by atoms with E-state index >= 15 is 0 Å². The van der Waals surface area contributed by atoms with Crippen molar-refractivity contribution in [2.75, 3.05) is 29.4 Å². The molecule has 6 nitrogen and oxygen atoms in total. The van der Waals surface area contributed by atoms with Crippen molar-refractivity contribution in [3.8, 4) is 11.1 Å². The molecule has 5 heterocycles. The van der Waals surface area contributed by atoms with Crippen LogP contribution in [-0.4, -0.2) is 52.0 Å². The number of halogens is 4. The van der Waals surface area contributed by atoms with E-state index in [0.29, 0.717) is 40.4 Å². The Bertz CT molecular complexity index is 1470. The van der Waals surface area contributed by atoms with Gasteiger partial charge in [-0.2, -0.15) is 0 Å². The van der Waals surface area contributed by atoms with E-state index in [0.717, 1.165) is 36.1 Å². The minimum absolute atomic E-state index is 0.000390. The number of alkyl halides is 1. The average Bonchev–Trinajstić information content (AvgIpc) is 3.50. The maximum atomic E-state index is 14.6. The number of β-amino-alcohol motifs (C(OH)–C–C–N with tert-alkyl or cyclic N) is 1. The van der Waals surface area contributed by atoms with Gasteiger partial charge in [-0.25, -0.2) is 23.1 Å². The minimum Gasteiger partial charge on any atom is -0.391 e. The standard InChI is InChI=1S/C27H23ClF3N5O/c28-20-12-32-22-4-6-25(36-13-17(30)10-23(36)19-9-16(29)2-3-21(19)31)34-27(22)26(20)15-1-5-24(33-11-15)35-8-7-18(37)14-35/h1-6,9,11-12,17-18,23,37H,7-8,10,13-14H2/t17-,18+,23+/m0/s1. The number of anilines is 2. The molecule has 4 aromatic rings. The molecule has 0 amide bonds. The Morgan fingerprint density at radius 3 is 2.57 bits per heavy atom. The largest absolute Gasteiger partial charge is 0.391 e. The molecule has 2 saturated heterocycles. The molecule has 190 valence electrons. The highest BCUT2D eigenvalue weighted by Gasteiger charge is 2.36. The van der Waals surface area contributed by atoms with Crippen molar-refractivity contribution >= 4 is 34.3 Å². The fraction of sp³-hybridized carbons (Fsp3) is 0.296. The highest BCUT2D eigenvalue weighted by Crippen LogP contribution is 2.40. The van der Waals surface area contributed by atoms with E-state index in [9.17, 15) is 18.3 Å². The summed E-state index contributed by atoms with van der Waals surface area (Å²) in [6.07, 6.45) is 2.40. The van der Waals surface area contributed by atoms with Crippen LogP contribution < -0.4 is 9.80 Å². The van der Waals surface area contributed by atoms with Crippen LogP contribution in [0.25, 0.3) is 22.2 Å². The normalized spacial score (nSPS) is 21.8. The first kappa shape index (κ1) is 23.9. The number of pyridine rings is 3. The monoisotopic (exact) mass is 525 g/mol. The molecule has 0 spiro atoms. The lowest BCUT2D eigenvalue weighted by Gasteiger charge is -2.26. The number of aliphatic hydroxyl groups excluding tert-OH is 1. The van der Waals surface area contributed by atoms with E-state index in [1.54, 1.807) is 29.4 Å². The van der Waals surface area contributed by atoms with Gasteiger partial charge in [-0.1, -0.05) is 11.6 Å². The van der Waals surface area contributed by atoms with E-state index in [1.807, 2.05) is 17.0 Å². The highest BCUT2D eigenvalue weighted by atomic mass is 35.5. The predicted octanol–water partition coefficient (Wildman–Crippen LogP) is 5.48. The molecule has 2 fully saturated rings. The second kappa shape index (κ2) is 9.46. The highest BCUT2D eigenvalue weighted by molar-refractivity contribution is 6.34. The number of rotatable bonds is 4. The summed E-state index contributed by atoms with van der Waals surface area (Å²) in [7, 11) is 0. The third-order valence-corrected chi connectivity index (χ3v) is 7.32. The number of aliphatic hydroxyl groups is 1. The lowest BCUT2D eigenvalue weighted by molar-refractivity contribution is 0.198. The number of hydrogen-bond donors (Lipinski definition) is 1. The summed E-state index contributed by atoms with van der Waals surface area (Å²) in [5, 5.41) is 10.2. The third kappa shape index (κ3) is 4.46. The molecule has 0 bridgehead atoms. The van der Waals surface area contributed by atoms with Gasteiger partial charge in [0.1, 0.15) is 35.0 Å². The molecule has 37 heavy (non-hydrogen) atoms. The van der Waals surface area contributed by atoms with Crippen molar-refractivity contribution in [3.05, 3.63) is 77.1 Å². The van der Waals surface area contributed by atoms with E-state index in [-0.39, 0.29) is 24.6 Å². The van der Waals surface area contributed by atoms with Crippen LogP contribution in [0.5, 0.6) is 0 Å². The SMILES string of the molecule is O[C@@H]1CCN(c2ccc(-c3c(Cl)cnc4ccc(N5C[C@@H](F)C[C@@H]5c5cc(F)ccc5F)nc34)cn2)C1. The van der Waals surface area contributed by atoms with E-state index in [4.69, 9.17) is 16.6 Å². The zero-order valence-electron chi connectivity index (χ0n) is 19.7. The molecule has 2 aliphatic heterocycles. The van der Waals surface area contributed by atoms with Gasteiger partial charge in [-0.05, 0) is 48.9 Å². The molecule has 6 rings (SSSR count). The summed E-state index contributed by atoms with van der Waals surface area (Å²) < 4.78 is 43.1. The first-order valence-corrected chi connectivity index (χ1v) is 12.5. The van der Waals surface area contributed by atoms with Crippen LogP contribution >= 0.6 is 11.6 Å². The Morgan fingerprint density at radius 2 is 1.81 bits per heavy atom. The first-order valence-electron chi connectivity index (χ1n) is 12.1. The molecular formula is C27H23ClF3N5O. The fourth-order valence-corrected chi connectivity index (χ4v) is 5.49. The maximum absolute atomic E-state index is 14.6. The zero-order valence-corrected chi connectivity index (χ0v) is 20.4. The van der Waals surface area contributed by atoms with Gasteiger partial charge in [0, 0.05) is 48.6 Å². The molecule has 1 aromatic carbocycles. The van der Waals surface area contributed by atoms with Crippen molar-refractivity contribution in [1.29, 1.82) is 0 Å². The smallest absolute Gasteiger partial charge is 0.130 e. The Hall–Kier alpha value is -3.43. The van der Waals surface area contributed by atoms with Crippen molar-refractivity contribution in [1.82, 2.24) is 15.0 Å². The van der Waals surface area contributed by atoms with Gasteiger partial charge in [0.15, 0.2) is 0 Å². The second-order valence-corrected chi connectivity index (χ2v) is 9.89. The summed E-state index contributed by atoms with van der Waals surface area (Å²) in [6, 6.07) is 9.74. The number of benzene rings is 1. The Morgan fingerprint density at radius 1 is 0.973 bits per heavy atom. The van der Waals surface area contributed by atoms with Gasteiger partial charge < -0.3 is 14.9 Å². The Kier molecular flexibility index (Phi) is 6.12. The van der Waals surface area contributed by atoms with Gasteiger partial charge in [0.25, 0.3) is 0 Å². The molecule has 10 heteroatoms. The molecule has 2 aliphatic rings. The topological polar surface area (TPSA) is 65.4 Å². The number of fused-ring (bicyclic) bond motifs is 1. The lowest BCUT2D eigenvalue weighted by Crippen LogP contribution is -2.25. The van der Waals surface area contributed by atoms with Crippen molar-refractivity contribution in [2.45, 2.75) is 31.2 Å². The van der Waals surface area contributed by atoms with Gasteiger partial charge in [0.2, 0.25) is 0 Å². The van der Waals surface area contributed by atoms with Crippen LogP contribution in [0.4, 0.5) is 24.8 Å². The molecule has 0 unspecified atom stereocenters. The minimum atomic E-state index is -1.22. The number of nitrogens with zero attached hydrogens (tertiary/aromatic N) is 5. The van der Waals surface area contributed by atoms with Gasteiger partial charge >= 0.3 is 0 Å². The summed E-state index contributed by atoms with van der Waals surface area (Å²) in [6.45, 7) is 1.27. The lowest BCUT2D eigenvalue weighted by atomic mass is 10.0. The van der Waals surface area contributed by atoms with Crippen LogP contribution in [0, 0.1) is 11.6 Å².